The molecule has 1 aromatic heterocycles. The van der Waals surface area contributed by atoms with Crippen LogP contribution >= 0.6 is 0 Å². The third-order valence-corrected chi connectivity index (χ3v) is 2.89. The summed E-state index contributed by atoms with van der Waals surface area (Å²) in [6.45, 7) is 1.55. The van der Waals surface area contributed by atoms with Gasteiger partial charge in [0.2, 0.25) is 0 Å². The first-order valence-electron chi connectivity index (χ1n) is 5.35. The van der Waals surface area contributed by atoms with E-state index in [0.717, 1.165) is 26.1 Å². The molecule has 0 aromatic carbocycles. The molecule has 2 rings (SSSR count). The Morgan fingerprint density at radius 3 is 2.94 bits per heavy atom. The van der Waals surface area contributed by atoms with Crippen LogP contribution in [-0.2, 0) is 4.74 Å². The fourth-order valence-electron chi connectivity index (χ4n) is 1.92. The summed E-state index contributed by atoms with van der Waals surface area (Å²) in [5.41, 5.74) is 0.573. The number of nitriles is 1. The van der Waals surface area contributed by atoms with Gasteiger partial charge in [-0.25, -0.2) is 0 Å². The molecule has 0 atom stereocenters. The minimum Gasteiger partial charge on any atom is -0.381 e. The third-order valence-electron chi connectivity index (χ3n) is 2.89. The van der Waals surface area contributed by atoms with Gasteiger partial charge in [-0.2, -0.15) is 10.4 Å². The van der Waals surface area contributed by atoms with Gasteiger partial charge >= 0.3 is 0 Å². The monoisotopic (exact) mass is 218 g/mol. The lowest BCUT2D eigenvalue weighted by Gasteiger charge is -2.31. The van der Waals surface area contributed by atoms with Crippen molar-refractivity contribution in [3.8, 4) is 6.07 Å². The number of anilines is 1. The van der Waals surface area contributed by atoms with Crippen molar-refractivity contribution in [2.24, 2.45) is 0 Å². The van der Waals surface area contributed by atoms with Crippen LogP contribution in [0.3, 0.4) is 0 Å². The first-order valence-corrected chi connectivity index (χ1v) is 5.35. The molecule has 0 spiro atoms. The molecule has 0 radical (unpaired) electrons. The summed E-state index contributed by atoms with van der Waals surface area (Å²) < 4.78 is 5.31. The van der Waals surface area contributed by atoms with Gasteiger partial charge in [-0.05, 0) is 18.9 Å². The number of ether oxygens (including phenoxy) is 1. The zero-order chi connectivity index (χ0) is 11.4. The summed E-state index contributed by atoms with van der Waals surface area (Å²) in [4.78, 5) is 2.04. The van der Waals surface area contributed by atoms with Crippen molar-refractivity contribution in [2.45, 2.75) is 18.9 Å². The second-order valence-electron chi connectivity index (χ2n) is 3.83. The van der Waals surface area contributed by atoms with Crippen molar-refractivity contribution in [3.05, 3.63) is 17.8 Å². The van der Waals surface area contributed by atoms with Gasteiger partial charge in [0.1, 0.15) is 6.07 Å². The van der Waals surface area contributed by atoms with Crippen molar-refractivity contribution in [2.75, 3.05) is 25.2 Å². The molecule has 0 saturated carbocycles. The highest BCUT2D eigenvalue weighted by atomic mass is 16.5. The Morgan fingerprint density at radius 1 is 1.50 bits per heavy atom. The van der Waals surface area contributed by atoms with E-state index in [2.05, 4.69) is 16.3 Å². The van der Waals surface area contributed by atoms with E-state index in [1.807, 2.05) is 11.9 Å². The van der Waals surface area contributed by atoms with Gasteiger partial charge < -0.3 is 9.64 Å². The molecule has 0 aliphatic carbocycles. The zero-order valence-corrected chi connectivity index (χ0v) is 9.26. The molecule has 1 fully saturated rings. The second-order valence-corrected chi connectivity index (χ2v) is 3.83. The van der Waals surface area contributed by atoms with Gasteiger partial charge in [-0.15, -0.1) is 5.10 Å². The number of rotatable bonds is 2. The standard InChI is InChI=1S/C11H14N4O/c1-15(10-3-6-16-7-4-10)11-9(8-12)2-5-13-14-11/h2,5,10H,3-4,6-7H2,1H3. The number of hydrogen-bond donors (Lipinski definition) is 0. The number of nitrogens with zero attached hydrogens (tertiary/aromatic N) is 4. The fraction of sp³-hybridized carbons (Fsp3) is 0.545. The zero-order valence-electron chi connectivity index (χ0n) is 9.26. The van der Waals surface area contributed by atoms with Gasteiger partial charge in [0.15, 0.2) is 5.82 Å². The SMILES string of the molecule is CN(c1nnccc1C#N)C1CCOCC1. The van der Waals surface area contributed by atoms with Crippen molar-refractivity contribution in [1.82, 2.24) is 10.2 Å². The molecule has 5 nitrogen and oxygen atoms in total. The van der Waals surface area contributed by atoms with Crippen LogP contribution in [0, 0.1) is 11.3 Å². The topological polar surface area (TPSA) is 62.0 Å². The minimum atomic E-state index is 0.387. The van der Waals surface area contributed by atoms with E-state index in [9.17, 15) is 0 Å². The molecule has 0 amide bonds. The molecule has 1 saturated heterocycles. The van der Waals surface area contributed by atoms with Crippen LogP contribution in [0.4, 0.5) is 5.82 Å². The van der Waals surface area contributed by atoms with E-state index in [1.165, 1.54) is 0 Å². The first kappa shape index (κ1) is 10.8. The van der Waals surface area contributed by atoms with Crippen LogP contribution in [-0.4, -0.2) is 36.5 Å². The molecule has 1 aliphatic heterocycles. The van der Waals surface area contributed by atoms with Crippen molar-refractivity contribution in [3.63, 3.8) is 0 Å². The lowest BCUT2D eigenvalue weighted by atomic mass is 10.1. The molecule has 1 aromatic rings. The Kier molecular flexibility index (Phi) is 3.32. The molecule has 1 aliphatic rings. The summed E-state index contributed by atoms with van der Waals surface area (Å²) in [5, 5.41) is 16.9. The van der Waals surface area contributed by atoms with Crippen LogP contribution < -0.4 is 4.90 Å². The lowest BCUT2D eigenvalue weighted by Crippen LogP contribution is -2.37. The highest BCUT2D eigenvalue weighted by Crippen LogP contribution is 2.21. The van der Waals surface area contributed by atoms with E-state index in [0.29, 0.717) is 17.4 Å². The summed E-state index contributed by atoms with van der Waals surface area (Å²) in [5.74, 6) is 0.664. The summed E-state index contributed by atoms with van der Waals surface area (Å²) >= 11 is 0. The van der Waals surface area contributed by atoms with E-state index in [4.69, 9.17) is 10.00 Å². The van der Waals surface area contributed by atoms with Crippen molar-refractivity contribution in [1.29, 1.82) is 5.26 Å². The van der Waals surface area contributed by atoms with E-state index < -0.39 is 0 Å². The molecule has 0 bridgehead atoms. The molecule has 5 heteroatoms. The minimum absolute atomic E-state index is 0.387. The van der Waals surface area contributed by atoms with Gasteiger partial charge in [-0.1, -0.05) is 0 Å². The molecular weight excluding hydrogens is 204 g/mol. The Morgan fingerprint density at radius 2 is 2.25 bits per heavy atom. The molecule has 0 N–H and O–H groups in total. The number of hydrogen-bond acceptors (Lipinski definition) is 5. The fourth-order valence-corrected chi connectivity index (χ4v) is 1.92. The van der Waals surface area contributed by atoms with E-state index in [1.54, 1.807) is 12.3 Å². The second kappa shape index (κ2) is 4.90. The molecular formula is C11H14N4O. The Hall–Kier alpha value is -1.67. The maximum absolute atomic E-state index is 9.00. The van der Waals surface area contributed by atoms with Crippen LogP contribution in [0.25, 0.3) is 0 Å². The Labute approximate surface area is 94.7 Å². The van der Waals surface area contributed by atoms with Gasteiger partial charge in [0.25, 0.3) is 0 Å². The largest absolute Gasteiger partial charge is 0.381 e. The van der Waals surface area contributed by atoms with Gasteiger partial charge in [-0.3, -0.25) is 0 Å². The molecule has 2 heterocycles. The average Bonchev–Trinajstić information content (AvgIpc) is 2.39. The average molecular weight is 218 g/mol. The number of aromatic nitrogens is 2. The van der Waals surface area contributed by atoms with Gasteiger partial charge in [0, 0.05) is 26.3 Å². The highest BCUT2D eigenvalue weighted by molar-refractivity contribution is 5.52. The maximum Gasteiger partial charge on any atom is 0.169 e. The van der Waals surface area contributed by atoms with Crippen molar-refractivity contribution < 1.29 is 4.74 Å². The van der Waals surface area contributed by atoms with Crippen LogP contribution in [0.1, 0.15) is 18.4 Å². The van der Waals surface area contributed by atoms with Crippen molar-refractivity contribution >= 4 is 5.82 Å². The molecule has 16 heavy (non-hydrogen) atoms. The van der Waals surface area contributed by atoms with E-state index >= 15 is 0 Å². The maximum atomic E-state index is 9.00. The lowest BCUT2D eigenvalue weighted by molar-refractivity contribution is 0.0853. The van der Waals surface area contributed by atoms with Crippen LogP contribution in [0.2, 0.25) is 0 Å². The summed E-state index contributed by atoms with van der Waals surface area (Å²) in [6.07, 6.45) is 3.48. The highest BCUT2D eigenvalue weighted by Gasteiger charge is 2.21. The predicted octanol–water partition coefficient (Wildman–Crippen LogP) is 0.963. The molecule has 0 unspecified atom stereocenters. The Balaban J connectivity index is 2.19. The predicted molar refractivity (Wildman–Crippen MR) is 59.0 cm³/mol. The van der Waals surface area contributed by atoms with E-state index in [-0.39, 0.29) is 0 Å². The normalized spacial score (nSPS) is 16.8. The van der Waals surface area contributed by atoms with Crippen LogP contribution in [0.15, 0.2) is 12.3 Å². The quantitative estimate of drug-likeness (QED) is 0.740. The summed E-state index contributed by atoms with van der Waals surface area (Å²) in [7, 11) is 1.96. The summed E-state index contributed by atoms with van der Waals surface area (Å²) in [6, 6.07) is 4.22. The third kappa shape index (κ3) is 2.12. The smallest absolute Gasteiger partial charge is 0.169 e. The van der Waals surface area contributed by atoms with Gasteiger partial charge in [0.05, 0.1) is 11.8 Å². The molecule has 84 valence electrons. The first-order chi connectivity index (χ1) is 7.83. The Bertz CT molecular complexity index is 395. The van der Waals surface area contributed by atoms with Crippen LogP contribution in [0.5, 0.6) is 0 Å².